The summed E-state index contributed by atoms with van der Waals surface area (Å²) in [6.45, 7) is 1.75. The van der Waals surface area contributed by atoms with Gasteiger partial charge in [0.05, 0.1) is 6.04 Å². The number of anilines is 1. The predicted octanol–water partition coefficient (Wildman–Crippen LogP) is 3.63. The second kappa shape index (κ2) is 10.7. The zero-order valence-corrected chi connectivity index (χ0v) is 20.1. The summed E-state index contributed by atoms with van der Waals surface area (Å²) in [4.78, 5) is 29.7. The van der Waals surface area contributed by atoms with Crippen LogP contribution in [0.15, 0.2) is 60.1 Å². The number of nitriles is 1. The molecule has 1 amide bonds. The molecule has 8 nitrogen and oxygen atoms in total. The van der Waals surface area contributed by atoms with Gasteiger partial charge in [-0.05, 0) is 61.9 Å². The number of nitrogens with zero attached hydrogens (tertiary/aromatic N) is 5. The minimum atomic E-state index is -0.393. The van der Waals surface area contributed by atoms with Crippen molar-refractivity contribution < 1.29 is 4.79 Å². The van der Waals surface area contributed by atoms with E-state index in [1.54, 1.807) is 44.7 Å². The number of thioether (sulfide) groups is 1. The number of hydrogen-bond donors (Lipinski definition) is 2. The molecule has 9 heteroatoms. The zero-order valence-electron chi connectivity index (χ0n) is 19.3. The van der Waals surface area contributed by atoms with Crippen LogP contribution in [0.25, 0.3) is 21.9 Å². The van der Waals surface area contributed by atoms with Gasteiger partial charge in [0, 0.05) is 40.7 Å². The van der Waals surface area contributed by atoms with Gasteiger partial charge in [-0.2, -0.15) is 5.26 Å². The Kier molecular flexibility index (Phi) is 7.32. The Hall–Kier alpha value is -4.31. The first-order valence-electron chi connectivity index (χ1n) is 10.7. The third-order valence-electron chi connectivity index (χ3n) is 5.28. The highest BCUT2D eigenvalue weighted by Crippen LogP contribution is 2.27. The molecule has 0 spiro atoms. The third kappa shape index (κ3) is 5.44. The second-order valence-corrected chi connectivity index (χ2v) is 8.28. The summed E-state index contributed by atoms with van der Waals surface area (Å²) in [7, 11) is 1.71. The molecule has 0 saturated heterocycles. The smallest absolute Gasteiger partial charge is 0.242 e. The first-order valence-corrected chi connectivity index (χ1v) is 11.9. The van der Waals surface area contributed by atoms with E-state index in [1.807, 2.05) is 30.5 Å². The largest absolute Gasteiger partial charge is 0.309 e. The molecule has 3 heterocycles. The molecule has 0 radical (unpaired) electrons. The quantitative estimate of drug-likeness (QED) is 0.253. The molecule has 0 bridgehead atoms. The summed E-state index contributed by atoms with van der Waals surface area (Å²) < 4.78 is 0. The van der Waals surface area contributed by atoms with Crippen LogP contribution in [0.4, 0.5) is 5.82 Å². The molecule has 0 aliphatic heterocycles. The van der Waals surface area contributed by atoms with Crippen molar-refractivity contribution in [2.75, 3.05) is 18.6 Å². The molecule has 1 atom stereocenters. The van der Waals surface area contributed by atoms with Gasteiger partial charge in [0.2, 0.25) is 5.91 Å². The van der Waals surface area contributed by atoms with E-state index in [0.29, 0.717) is 27.8 Å². The van der Waals surface area contributed by atoms with Crippen LogP contribution >= 0.6 is 11.8 Å². The number of carbonyl (C=O) groups excluding carboxylic acids is 1. The highest BCUT2D eigenvalue weighted by molar-refractivity contribution is 7.98. The van der Waals surface area contributed by atoms with Crippen LogP contribution in [0.2, 0.25) is 0 Å². The first kappa shape index (κ1) is 23.8. The fraction of sp³-hybridized carbons (Fsp3) is 0.154. The van der Waals surface area contributed by atoms with Gasteiger partial charge in [-0.3, -0.25) is 9.78 Å². The Bertz CT molecular complexity index is 1520. The Labute approximate surface area is 207 Å². The van der Waals surface area contributed by atoms with E-state index < -0.39 is 6.04 Å². The first-order chi connectivity index (χ1) is 17.0. The van der Waals surface area contributed by atoms with Gasteiger partial charge in [-0.15, -0.1) is 0 Å². The van der Waals surface area contributed by atoms with Crippen molar-refractivity contribution in [3.8, 4) is 29.0 Å². The Morgan fingerprint density at radius 1 is 1.03 bits per heavy atom. The standard InChI is InChI=1S/C26H21N7OS/c1-16(28-2)25(34)33-24-9-7-20(21-15-30-26(35-3)32-23(21)13-27)22(31-24)8-5-17-4-6-19-14-29-11-10-18(19)12-17/h4,6-7,9-12,14-16,28H,1-3H3,(H,31,33,34). The molecule has 1 aromatic carbocycles. The van der Waals surface area contributed by atoms with E-state index in [2.05, 4.69) is 48.5 Å². The van der Waals surface area contributed by atoms with E-state index in [1.165, 1.54) is 11.8 Å². The van der Waals surface area contributed by atoms with E-state index >= 15 is 0 Å². The van der Waals surface area contributed by atoms with Crippen molar-refractivity contribution in [1.82, 2.24) is 25.3 Å². The summed E-state index contributed by atoms with van der Waals surface area (Å²) in [5, 5.41) is 17.9. The van der Waals surface area contributed by atoms with Gasteiger partial charge < -0.3 is 10.6 Å². The van der Waals surface area contributed by atoms with Gasteiger partial charge in [0.15, 0.2) is 10.9 Å². The molecule has 4 aromatic rings. The Morgan fingerprint density at radius 3 is 2.66 bits per heavy atom. The van der Waals surface area contributed by atoms with Gasteiger partial charge in [-0.25, -0.2) is 15.0 Å². The van der Waals surface area contributed by atoms with Crippen LogP contribution in [0.3, 0.4) is 0 Å². The molecule has 35 heavy (non-hydrogen) atoms. The SMILES string of the molecule is CNC(C)C(=O)Nc1ccc(-c2cnc(SC)nc2C#N)c(C#Cc2ccc3cnccc3c2)n1. The fourth-order valence-corrected chi connectivity index (χ4v) is 3.59. The summed E-state index contributed by atoms with van der Waals surface area (Å²) in [6, 6.07) is 12.9. The summed E-state index contributed by atoms with van der Waals surface area (Å²) in [6.07, 6.45) is 6.98. The van der Waals surface area contributed by atoms with Gasteiger partial charge >= 0.3 is 0 Å². The Balaban J connectivity index is 1.81. The maximum atomic E-state index is 12.4. The zero-order chi connectivity index (χ0) is 24.8. The lowest BCUT2D eigenvalue weighted by molar-refractivity contribution is -0.117. The number of amides is 1. The van der Waals surface area contributed by atoms with E-state index in [9.17, 15) is 10.1 Å². The minimum absolute atomic E-state index is 0.222. The topological polar surface area (TPSA) is 116 Å². The van der Waals surface area contributed by atoms with Gasteiger partial charge in [0.1, 0.15) is 17.6 Å². The molecule has 3 aromatic heterocycles. The molecule has 1 unspecified atom stereocenters. The number of likely N-dealkylation sites (N-methyl/N-ethyl adjacent to an activating group) is 1. The molecule has 172 valence electrons. The predicted molar refractivity (Wildman–Crippen MR) is 137 cm³/mol. The maximum Gasteiger partial charge on any atom is 0.242 e. The van der Waals surface area contributed by atoms with Crippen LogP contribution in [0.5, 0.6) is 0 Å². The normalized spacial score (nSPS) is 11.3. The number of hydrogen-bond acceptors (Lipinski definition) is 8. The van der Waals surface area contributed by atoms with Crippen molar-refractivity contribution in [2.24, 2.45) is 0 Å². The number of carbonyl (C=O) groups is 1. The fourth-order valence-electron chi connectivity index (χ4n) is 3.25. The van der Waals surface area contributed by atoms with Gasteiger partial charge in [0.25, 0.3) is 0 Å². The summed E-state index contributed by atoms with van der Waals surface area (Å²) >= 11 is 1.35. The lowest BCUT2D eigenvalue weighted by atomic mass is 10.0. The number of pyridine rings is 2. The number of aromatic nitrogens is 4. The number of fused-ring (bicyclic) bond motifs is 1. The van der Waals surface area contributed by atoms with Crippen molar-refractivity contribution in [3.05, 3.63) is 71.9 Å². The minimum Gasteiger partial charge on any atom is -0.309 e. The number of nitrogens with one attached hydrogen (secondary N) is 2. The third-order valence-corrected chi connectivity index (χ3v) is 5.85. The Morgan fingerprint density at radius 2 is 1.89 bits per heavy atom. The average Bonchev–Trinajstić information content (AvgIpc) is 2.91. The van der Waals surface area contributed by atoms with Crippen LogP contribution in [-0.2, 0) is 4.79 Å². The van der Waals surface area contributed by atoms with E-state index in [4.69, 9.17) is 0 Å². The molecule has 0 aliphatic rings. The molecule has 0 fully saturated rings. The van der Waals surface area contributed by atoms with Crippen LogP contribution in [-0.4, -0.2) is 45.2 Å². The molecular formula is C26H21N7OS. The summed E-state index contributed by atoms with van der Waals surface area (Å²) in [5.74, 6) is 6.40. The highest BCUT2D eigenvalue weighted by atomic mass is 32.2. The maximum absolute atomic E-state index is 12.4. The van der Waals surface area contributed by atoms with Crippen LogP contribution in [0.1, 0.15) is 23.9 Å². The van der Waals surface area contributed by atoms with Crippen LogP contribution in [0, 0.1) is 23.2 Å². The van der Waals surface area contributed by atoms with Crippen molar-refractivity contribution in [3.63, 3.8) is 0 Å². The second-order valence-electron chi connectivity index (χ2n) is 7.51. The molecule has 0 aliphatic carbocycles. The number of benzene rings is 1. The van der Waals surface area contributed by atoms with Crippen molar-refractivity contribution in [2.45, 2.75) is 18.1 Å². The average molecular weight is 480 g/mol. The van der Waals surface area contributed by atoms with E-state index in [0.717, 1.165) is 16.3 Å². The van der Waals surface area contributed by atoms with Gasteiger partial charge in [-0.1, -0.05) is 23.7 Å². The molecule has 0 saturated carbocycles. The van der Waals surface area contributed by atoms with Crippen molar-refractivity contribution in [1.29, 1.82) is 5.26 Å². The van der Waals surface area contributed by atoms with E-state index in [-0.39, 0.29) is 11.6 Å². The van der Waals surface area contributed by atoms with Crippen LogP contribution < -0.4 is 10.6 Å². The van der Waals surface area contributed by atoms with Crippen molar-refractivity contribution >= 4 is 34.3 Å². The lowest BCUT2D eigenvalue weighted by Crippen LogP contribution is -2.35. The highest BCUT2D eigenvalue weighted by Gasteiger charge is 2.16. The number of rotatable bonds is 5. The molecule has 4 rings (SSSR count). The molecular weight excluding hydrogens is 458 g/mol. The lowest BCUT2D eigenvalue weighted by Gasteiger charge is -2.12. The molecule has 2 N–H and O–H groups in total. The summed E-state index contributed by atoms with van der Waals surface area (Å²) in [5.41, 5.74) is 2.54. The monoisotopic (exact) mass is 479 g/mol.